The van der Waals surface area contributed by atoms with Crippen molar-refractivity contribution in [3.05, 3.63) is 16.3 Å². The summed E-state index contributed by atoms with van der Waals surface area (Å²) < 4.78 is 26.6. The number of aliphatic hydroxyl groups excluding tert-OH is 1. The van der Waals surface area contributed by atoms with E-state index in [1.54, 1.807) is 15.8 Å². The summed E-state index contributed by atoms with van der Waals surface area (Å²) in [7, 11) is -3.41. The molecule has 2 rings (SSSR count). The van der Waals surface area contributed by atoms with E-state index in [1.807, 2.05) is 18.7 Å². The molecule has 0 saturated carbocycles. The second-order valence-electron chi connectivity index (χ2n) is 4.34. The van der Waals surface area contributed by atoms with Crippen molar-refractivity contribution >= 4 is 33.1 Å². The molecule has 1 fully saturated rings. The Kier molecular flexibility index (Phi) is 4.38. The number of thioether (sulfide) groups is 1. The summed E-state index contributed by atoms with van der Waals surface area (Å²) in [6.07, 6.45) is 0. The van der Waals surface area contributed by atoms with Gasteiger partial charge in [0, 0.05) is 33.8 Å². The van der Waals surface area contributed by atoms with E-state index in [1.165, 1.54) is 11.3 Å². The minimum Gasteiger partial charge on any atom is -0.391 e. The standard InChI is InChI=1S/C11H17NO3S3/c1-8-9(2)16-4-3-12(8)18(14,15)11-5-10(6-13)17-7-11/h5,7-9,13H,3-4,6H2,1-2H3. The third kappa shape index (κ3) is 2.60. The number of hydrogen-bond donors (Lipinski definition) is 1. The van der Waals surface area contributed by atoms with Crippen LogP contribution < -0.4 is 0 Å². The molecule has 1 aromatic heterocycles. The molecule has 2 atom stereocenters. The summed E-state index contributed by atoms with van der Waals surface area (Å²) in [4.78, 5) is 0.989. The molecule has 1 aromatic rings. The van der Waals surface area contributed by atoms with Crippen molar-refractivity contribution in [3.63, 3.8) is 0 Å². The molecule has 0 spiro atoms. The first-order valence-electron chi connectivity index (χ1n) is 5.78. The van der Waals surface area contributed by atoms with E-state index < -0.39 is 10.0 Å². The zero-order chi connectivity index (χ0) is 13.3. The molecule has 0 aromatic carbocycles. The molecular weight excluding hydrogens is 290 g/mol. The Bertz CT molecular complexity index is 511. The third-order valence-electron chi connectivity index (χ3n) is 3.22. The third-order valence-corrected chi connectivity index (χ3v) is 7.59. The molecule has 0 aliphatic carbocycles. The average molecular weight is 307 g/mol. The number of aliphatic hydroxyl groups is 1. The Balaban J connectivity index is 2.30. The molecule has 1 N–H and O–H groups in total. The molecule has 1 aliphatic rings. The zero-order valence-electron chi connectivity index (χ0n) is 10.4. The number of nitrogens with zero attached hydrogens (tertiary/aromatic N) is 1. The maximum absolute atomic E-state index is 12.5. The number of sulfonamides is 1. The highest BCUT2D eigenvalue weighted by Gasteiger charge is 2.35. The highest BCUT2D eigenvalue weighted by molar-refractivity contribution is 8.00. The highest BCUT2D eigenvalue weighted by Crippen LogP contribution is 2.30. The molecule has 2 heterocycles. The maximum atomic E-state index is 12.5. The van der Waals surface area contributed by atoms with E-state index >= 15 is 0 Å². The SMILES string of the molecule is CC1SCCN(S(=O)(=O)c2csc(CO)c2)C1C. The predicted octanol–water partition coefficient (Wildman–Crippen LogP) is 1.75. The molecule has 7 heteroatoms. The minimum absolute atomic E-state index is 0.00577. The Morgan fingerprint density at radius 3 is 2.83 bits per heavy atom. The van der Waals surface area contributed by atoms with Gasteiger partial charge in [-0.15, -0.1) is 11.3 Å². The van der Waals surface area contributed by atoms with Gasteiger partial charge in [-0.1, -0.05) is 6.92 Å². The lowest BCUT2D eigenvalue weighted by Gasteiger charge is -2.36. The Labute approximate surface area is 116 Å². The molecule has 4 nitrogen and oxygen atoms in total. The van der Waals surface area contributed by atoms with Crippen LogP contribution in [0.3, 0.4) is 0 Å². The maximum Gasteiger partial charge on any atom is 0.244 e. The van der Waals surface area contributed by atoms with Gasteiger partial charge in [-0.25, -0.2) is 8.42 Å². The normalized spacial score (nSPS) is 26.4. The van der Waals surface area contributed by atoms with Gasteiger partial charge in [0.1, 0.15) is 0 Å². The van der Waals surface area contributed by atoms with Crippen LogP contribution in [0, 0.1) is 0 Å². The number of thiophene rings is 1. The van der Waals surface area contributed by atoms with Gasteiger partial charge < -0.3 is 5.11 Å². The van der Waals surface area contributed by atoms with Crippen molar-refractivity contribution in [2.45, 2.75) is 36.6 Å². The lowest BCUT2D eigenvalue weighted by atomic mass is 10.2. The Morgan fingerprint density at radius 1 is 1.50 bits per heavy atom. The van der Waals surface area contributed by atoms with Crippen LogP contribution in [0.4, 0.5) is 0 Å². The number of hydrogen-bond acceptors (Lipinski definition) is 5. The Morgan fingerprint density at radius 2 is 2.22 bits per heavy atom. The van der Waals surface area contributed by atoms with E-state index in [9.17, 15) is 8.42 Å². The summed E-state index contributed by atoms with van der Waals surface area (Å²) in [6, 6.07) is 1.57. The van der Waals surface area contributed by atoms with Crippen molar-refractivity contribution < 1.29 is 13.5 Å². The first-order valence-corrected chi connectivity index (χ1v) is 9.15. The molecule has 1 saturated heterocycles. The van der Waals surface area contributed by atoms with Gasteiger partial charge >= 0.3 is 0 Å². The molecule has 0 bridgehead atoms. The first-order chi connectivity index (χ1) is 8.46. The average Bonchev–Trinajstić information content (AvgIpc) is 2.81. The zero-order valence-corrected chi connectivity index (χ0v) is 12.8. The summed E-state index contributed by atoms with van der Waals surface area (Å²) in [5.41, 5.74) is 0. The summed E-state index contributed by atoms with van der Waals surface area (Å²) in [6.45, 7) is 4.46. The van der Waals surface area contributed by atoms with Gasteiger partial charge in [-0.3, -0.25) is 0 Å². The van der Waals surface area contributed by atoms with Gasteiger partial charge in [0.2, 0.25) is 10.0 Å². The Hall–Kier alpha value is -0.0800. The van der Waals surface area contributed by atoms with Crippen LogP contribution in [0.5, 0.6) is 0 Å². The fourth-order valence-corrected chi connectivity index (χ4v) is 6.08. The number of rotatable bonds is 3. The topological polar surface area (TPSA) is 57.6 Å². The molecule has 18 heavy (non-hydrogen) atoms. The van der Waals surface area contributed by atoms with Crippen molar-refractivity contribution in [2.75, 3.05) is 12.3 Å². The molecule has 1 aliphatic heterocycles. The van der Waals surface area contributed by atoms with Gasteiger partial charge in [-0.05, 0) is 13.0 Å². The highest BCUT2D eigenvalue weighted by atomic mass is 32.2. The molecular formula is C11H17NO3S3. The van der Waals surface area contributed by atoms with Gasteiger partial charge in [0.25, 0.3) is 0 Å². The van der Waals surface area contributed by atoms with Gasteiger partial charge in [0.15, 0.2) is 0 Å². The van der Waals surface area contributed by atoms with Crippen LogP contribution >= 0.6 is 23.1 Å². The summed E-state index contributed by atoms with van der Waals surface area (Å²) >= 11 is 3.09. The van der Waals surface area contributed by atoms with E-state index in [-0.39, 0.29) is 12.6 Å². The van der Waals surface area contributed by atoms with Crippen LogP contribution in [0.25, 0.3) is 0 Å². The summed E-state index contributed by atoms with van der Waals surface area (Å²) in [5, 5.41) is 10.9. The second-order valence-corrected chi connectivity index (χ2v) is 8.71. The van der Waals surface area contributed by atoms with Crippen LogP contribution in [-0.4, -0.2) is 41.4 Å². The van der Waals surface area contributed by atoms with E-state index in [4.69, 9.17) is 5.11 Å². The van der Waals surface area contributed by atoms with Crippen LogP contribution in [0.1, 0.15) is 18.7 Å². The lowest BCUT2D eigenvalue weighted by Crippen LogP contribution is -2.47. The largest absolute Gasteiger partial charge is 0.391 e. The van der Waals surface area contributed by atoms with Gasteiger partial charge in [-0.2, -0.15) is 16.1 Å². The predicted molar refractivity (Wildman–Crippen MR) is 75.5 cm³/mol. The second kappa shape index (κ2) is 5.50. The van der Waals surface area contributed by atoms with Crippen molar-refractivity contribution in [1.82, 2.24) is 4.31 Å². The molecule has 0 amide bonds. The first kappa shape index (κ1) is 14.3. The van der Waals surface area contributed by atoms with Gasteiger partial charge in [0.05, 0.1) is 11.5 Å². The van der Waals surface area contributed by atoms with Crippen LogP contribution in [-0.2, 0) is 16.6 Å². The van der Waals surface area contributed by atoms with Crippen LogP contribution in [0.15, 0.2) is 16.3 Å². The van der Waals surface area contributed by atoms with Crippen molar-refractivity contribution in [3.8, 4) is 0 Å². The fraction of sp³-hybridized carbons (Fsp3) is 0.636. The van der Waals surface area contributed by atoms with E-state index in [0.717, 1.165) is 5.75 Å². The molecule has 2 unspecified atom stereocenters. The van der Waals surface area contributed by atoms with E-state index in [2.05, 4.69) is 6.92 Å². The monoisotopic (exact) mass is 307 g/mol. The quantitative estimate of drug-likeness (QED) is 0.924. The lowest BCUT2D eigenvalue weighted by molar-refractivity contribution is 0.285. The van der Waals surface area contributed by atoms with Crippen LogP contribution in [0.2, 0.25) is 0 Å². The molecule has 0 radical (unpaired) electrons. The van der Waals surface area contributed by atoms with Crippen molar-refractivity contribution in [1.29, 1.82) is 0 Å². The smallest absolute Gasteiger partial charge is 0.244 e. The minimum atomic E-state index is -3.41. The molecule has 102 valence electrons. The summed E-state index contributed by atoms with van der Waals surface area (Å²) in [5.74, 6) is 0.835. The van der Waals surface area contributed by atoms with Crippen molar-refractivity contribution in [2.24, 2.45) is 0 Å². The van der Waals surface area contributed by atoms with E-state index in [0.29, 0.717) is 21.6 Å². The fourth-order valence-electron chi connectivity index (χ4n) is 1.96.